The third-order valence-electron chi connectivity index (χ3n) is 6.76. The standard InChI is InChI=1S/C13H9.C10H18Si.C5H5.2ClH.Zr/c1-3-7-12-10(5-1)9-11-6-2-4-8-13(11)12;1-2-6-9(5-1)11-10-7-3-4-8-10;1-2-4-5-3-1;;;/h1-5,7-8H,9H2;9-10H,1-8H2;1-5H;2*1H;/q-1;;-1;;;+2/p-2. The Bertz CT molecular complexity index is 847. The molecule has 0 amide bonds. The molecular weight excluding hydrogens is 527 g/mol. The predicted octanol–water partition coefficient (Wildman–Crippen LogP) is 1.88. The molecule has 32 heavy (non-hydrogen) atoms. The van der Waals surface area contributed by atoms with Crippen molar-refractivity contribution in [2.75, 3.05) is 0 Å². The van der Waals surface area contributed by atoms with Gasteiger partial charge in [0.15, 0.2) is 0 Å². The molecule has 2 fully saturated rings. The maximum Gasteiger partial charge on any atom is -0.0253 e. The van der Waals surface area contributed by atoms with Crippen LogP contribution >= 0.6 is 0 Å². The van der Waals surface area contributed by atoms with Crippen LogP contribution in [0.1, 0.15) is 62.5 Å². The van der Waals surface area contributed by atoms with Crippen LogP contribution in [0, 0.1) is 6.07 Å². The molecule has 168 valence electrons. The molecule has 6 rings (SSSR count). The first-order valence-electron chi connectivity index (χ1n) is 11.7. The molecule has 3 aliphatic rings. The van der Waals surface area contributed by atoms with E-state index in [4.69, 9.17) is 0 Å². The summed E-state index contributed by atoms with van der Waals surface area (Å²) < 4.78 is 0. The summed E-state index contributed by atoms with van der Waals surface area (Å²) in [6, 6.07) is 28.1. The molecule has 3 aromatic carbocycles. The smallest absolute Gasteiger partial charge is 0.0253 e. The van der Waals surface area contributed by atoms with Gasteiger partial charge in [-0.1, -0.05) is 35.4 Å². The Morgan fingerprint density at radius 3 is 1.88 bits per heavy atom. The predicted molar refractivity (Wildman–Crippen MR) is 126 cm³/mol. The van der Waals surface area contributed by atoms with Crippen molar-refractivity contribution < 1.29 is 48.1 Å². The Morgan fingerprint density at radius 2 is 1.31 bits per heavy atom. The molecule has 0 nitrogen and oxygen atoms in total. The van der Waals surface area contributed by atoms with Crippen LogP contribution in [0.2, 0.25) is 11.1 Å². The molecule has 0 bridgehead atoms. The first kappa shape index (κ1) is 27.7. The van der Waals surface area contributed by atoms with Crippen LogP contribution in [-0.4, -0.2) is 5.43 Å². The van der Waals surface area contributed by atoms with Crippen molar-refractivity contribution in [1.82, 2.24) is 0 Å². The first-order valence-corrected chi connectivity index (χ1v) is 17.0. The van der Waals surface area contributed by atoms with Gasteiger partial charge in [0.1, 0.15) is 0 Å². The molecule has 0 radical (unpaired) electrons. The normalized spacial score (nSPS) is 16.3. The molecule has 0 aromatic heterocycles. The molecule has 0 spiro atoms. The summed E-state index contributed by atoms with van der Waals surface area (Å²) in [5.74, 6) is 0. The van der Waals surface area contributed by atoms with Gasteiger partial charge in [0.05, 0.1) is 0 Å². The molecule has 0 saturated heterocycles. The van der Waals surface area contributed by atoms with Crippen LogP contribution in [0.3, 0.4) is 0 Å². The number of fused-ring (bicyclic) bond motifs is 3. The molecule has 0 aliphatic heterocycles. The molecule has 0 heterocycles. The van der Waals surface area contributed by atoms with E-state index in [-0.39, 0.29) is 30.2 Å². The van der Waals surface area contributed by atoms with E-state index in [2.05, 4.69) is 42.5 Å². The van der Waals surface area contributed by atoms with Crippen molar-refractivity contribution in [3.63, 3.8) is 0 Å². The Balaban J connectivity index is 0.000000179. The van der Waals surface area contributed by atoms with E-state index in [1.807, 2.05) is 59.7 Å². The van der Waals surface area contributed by atoms with Gasteiger partial charge in [-0.25, -0.2) is 12.1 Å². The van der Waals surface area contributed by atoms with Crippen molar-refractivity contribution in [1.29, 1.82) is 0 Å². The average Bonchev–Trinajstić information content (AvgIpc) is 3.61. The van der Waals surface area contributed by atoms with Gasteiger partial charge in [-0.2, -0.15) is 48.0 Å². The minimum atomic E-state index is 0. The van der Waals surface area contributed by atoms with Gasteiger partial charge in [0, 0.05) is 0 Å². The van der Waals surface area contributed by atoms with Crippen LogP contribution in [0.25, 0.3) is 11.1 Å². The molecule has 0 N–H and O–H groups in total. The average molecular weight is 559 g/mol. The van der Waals surface area contributed by atoms with Gasteiger partial charge < -0.3 is 24.8 Å². The fourth-order valence-electron chi connectivity index (χ4n) is 5.13. The van der Waals surface area contributed by atoms with E-state index in [0.717, 1.165) is 6.42 Å². The fourth-order valence-corrected chi connectivity index (χ4v) is 12.1. The molecule has 2 saturated carbocycles. The summed E-state index contributed by atoms with van der Waals surface area (Å²) in [6.07, 6.45) is 13.7. The fraction of sp³-hybridized carbons (Fsp3) is 0.393. The molecule has 0 atom stereocenters. The van der Waals surface area contributed by atoms with Crippen molar-refractivity contribution in [3.8, 4) is 11.1 Å². The number of benzene rings is 2. The summed E-state index contributed by atoms with van der Waals surface area (Å²) in [7, 11) is 0. The van der Waals surface area contributed by atoms with Crippen LogP contribution in [-0.2, 0) is 29.8 Å². The molecular formula is C28H32Cl2SiZr-2. The quantitative estimate of drug-likeness (QED) is 0.261. The van der Waals surface area contributed by atoms with Crippen LogP contribution in [0.15, 0.2) is 72.8 Å². The Morgan fingerprint density at radius 1 is 0.750 bits per heavy atom. The van der Waals surface area contributed by atoms with Gasteiger partial charge in [-0.05, 0) is 6.42 Å². The van der Waals surface area contributed by atoms with Crippen molar-refractivity contribution >= 4 is 5.43 Å². The summed E-state index contributed by atoms with van der Waals surface area (Å²) in [6.45, 7) is 0. The van der Waals surface area contributed by atoms with Crippen LogP contribution in [0.4, 0.5) is 0 Å². The molecule has 0 unspecified atom stereocenters. The zero-order valence-corrected chi connectivity index (χ0v) is 23.7. The zero-order chi connectivity index (χ0) is 20.6. The van der Waals surface area contributed by atoms with Crippen LogP contribution < -0.4 is 24.8 Å². The largest absolute Gasteiger partial charge is 0.214 e. The summed E-state index contributed by atoms with van der Waals surface area (Å²) in [4.78, 5) is 0. The summed E-state index contributed by atoms with van der Waals surface area (Å²) >= 11 is 1.94. The maximum atomic E-state index is 3.30. The first-order chi connectivity index (χ1) is 14.8. The number of rotatable bonds is 2. The maximum absolute atomic E-state index is 3.30. The third kappa shape index (κ3) is 7.49. The Labute approximate surface area is 222 Å². The second-order valence-corrected chi connectivity index (χ2v) is 15.6. The van der Waals surface area contributed by atoms with Crippen molar-refractivity contribution in [2.45, 2.75) is 68.9 Å². The number of halogens is 2. The second-order valence-electron chi connectivity index (χ2n) is 8.78. The number of hydrogen-bond donors (Lipinski definition) is 0. The third-order valence-corrected chi connectivity index (χ3v) is 15.7. The zero-order valence-electron chi connectivity index (χ0n) is 18.7. The topological polar surface area (TPSA) is 0 Å². The molecule has 3 aromatic rings. The van der Waals surface area contributed by atoms with Gasteiger partial charge in [-0.15, -0.1) is 5.56 Å². The SMILES string of the molecule is [Cl-].[Cl-].[Zr+2]=[Si](C1CCCC1)C1CCCC1.[c-]1cccc2c1Cc1ccccc1-2.c1cc[cH-]c1. The molecule has 4 heteroatoms. The summed E-state index contributed by atoms with van der Waals surface area (Å²) in [5, 5.41) is 0. The van der Waals surface area contributed by atoms with E-state index in [1.165, 1.54) is 33.3 Å². The van der Waals surface area contributed by atoms with E-state index >= 15 is 0 Å². The van der Waals surface area contributed by atoms with Gasteiger partial charge in [-0.3, -0.25) is 0 Å². The summed E-state index contributed by atoms with van der Waals surface area (Å²) in [5.41, 5.74) is 8.15. The van der Waals surface area contributed by atoms with E-state index in [9.17, 15) is 0 Å². The molecule has 3 aliphatic carbocycles. The van der Waals surface area contributed by atoms with E-state index in [1.54, 1.807) is 51.4 Å². The van der Waals surface area contributed by atoms with Gasteiger partial charge in [0.25, 0.3) is 0 Å². The Kier molecular flexibility index (Phi) is 12.7. The minimum absolute atomic E-state index is 0. The van der Waals surface area contributed by atoms with Crippen molar-refractivity contribution in [2.24, 2.45) is 0 Å². The van der Waals surface area contributed by atoms with Gasteiger partial charge in [0.2, 0.25) is 0 Å². The van der Waals surface area contributed by atoms with E-state index < -0.39 is 0 Å². The van der Waals surface area contributed by atoms with Crippen molar-refractivity contribution in [3.05, 3.63) is 90.0 Å². The Hall–Kier alpha value is -0.530. The second kappa shape index (κ2) is 14.7. The van der Waals surface area contributed by atoms with E-state index in [0.29, 0.717) is 0 Å². The minimum Gasteiger partial charge on any atom is -0.214 e. The van der Waals surface area contributed by atoms with Gasteiger partial charge >= 0.3 is 91.2 Å². The van der Waals surface area contributed by atoms with Crippen LogP contribution in [0.5, 0.6) is 0 Å². The monoisotopic (exact) mass is 556 g/mol. The number of hydrogen-bond acceptors (Lipinski definition) is 0.